The van der Waals surface area contributed by atoms with E-state index in [4.69, 9.17) is 5.73 Å². The molecule has 0 spiro atoms. The Morgan fingerprint density at radius 1 is 1.05 bits per heavy atom. The summed E-state index contributed by atoms with van der Waals surface area (Å²) in [5, 5.41) is 0. The largest absolute Gasteiger partial charge is 0.330 e. The van der Waals surface area contributed by atoms with Crippen LogP contribution in [0.2, 0.25) is 0 Å². The molecule has 2 aromatic rings. The Bertz CT molecular complexity index is 543. The lowest BCUT2D eigenvalue weighted by molar-refractivity contribution is 0.689. The molecule has 0 aromatic heterocycles. The van der Waals surface area contributed by atoms with Crippen molar-refractivity contribution in [3.05, 3.63) is 69.2 Å². The van der Waals surface area contributed by atoms with E-state index in [0.29, 0.717) is 12.5 Å². The molecule has 19 heavy (non-hydrogen) atoms. The van der Waals surface area contributed by atoms with E-state index in [0.717, 1.165) is 10.9 Å². The van der Waals surface area contributed by atoms with Crippen LogP contribution in [0.5, 0.6) is 0 Å². The molecule has 0 saturated heterocycles. The van der Waals surface area contributed by atoms with Crippen molar-refractivity contribution in [2.24, 2.45) is 5.73 Å². The number of hydrogen-bond donors (Lipinski definition) is 1. The quantitative estimate of drug-likeness (QED) is 0.891. The first-order chi connectivity index (χ1) is 9.11. The standard InChI is InChI=1S/C17H20BrN/c1-12-5-3-6-13(2)17(12)10-15(11-19)14-7-4-8-16(18)9-14/h3-9,15H,10-11,19H2,1-2H3. The van der Waals surface area contributed by atoms with Crippen LogP contribution < -0.4 is 5.73 Å². The lowest BCUT2D eigenvalue weighted by Crippen LogP contribution is -2.16. The fourth-order valence-corrected chi connectivity index (χ4v) is 2.93. The zero-order valence-electron chi connectivity index (χ0n) is 11.5. The van der Waals surface area contributed by atoms with Gasteiger partial charge in [-0.15, -0.1) is 0 Å². The van der Waals surface area contributed by atoms with Gasteiger partial charge in [-0.25, -0.2) is 0 Å². The summed E-state index contributed by atoms with van der Waals surface area (Å²) in [6.45, 7) is 5.03. The van der Waals surface area contributed by atoms with Crippen LogP contribution in [0.3, 0.4) is 0 Å². The number of benzene rings is 2. The number of hydrogen-bond acceptors (Lipinski definition) is 1. The molecule has 1 unspecified atom stereocenters. The summed E-state index contributed by atoms with van der Waals surface area (Å²) >= 11 is 3.53. The van der Waals surface area contributed by atoms with Gasteiger partial charge in [0.1, 0.15) is 0 Å². The zero-order valence-corrected chi connectivity index (χ0v) is 13.1. The molecule has 0 heterocycles. The molecule has 0 aliphatic carbocycles. The van der Waals surface area contributed by atoms with Gasteiger partial charge in [0.05, 0.1) is 0 Å². The van der Waals surface area contributed by atoms with E-state index in [1.165, 1.54) is 22.3 Å². The third-order valence-electron chi connectivity index (χ3n) is 3.70. The Kier molecular flexibility index (Phi) is 4.78. The lowest BCUT2D eigenvalue weighted by Gasteiger charge is -2.18. The van der Waals surface area contributed by atoms with Crippen LogP contribution in [-0.4, -0.2) is 6.54 Å². The van der Waals surface area contributed by atoms with Crippen LogP contribution in [0.1, 0.15) is 28.2 Å². The van der Waals surface area contributed by atoms with Crippen molar-refractivity contribution in [2.75, 3.05) is 6.54 Å². The molecule has 0 amide bonds. The van der Waals surface area contributed by atoms with Crippen molar-refractivity contribution in [3.63, 3.8) is 0 Å². The monoisotopic (exact) mass is 317 g/mol. The predicted octanol–water partition coefficient (Wildman–Crippen LogP) is 4.35. The molecule has 2 N–H and O–H groups in total. The van der Waals surface area contributed by atoms with Gasteiger partial charge in [0.15, 0.2) is 0 Å². The van der Waals surface area contributed by atoms with Crippen LogP contribution in [0, 0.1) is 13.8 Å². The van der Waals surface area contributed by atoms with Crippen molar-refractivity contribution >= 4 is 15.9 Å². The van der Waals surface area contributed by atoms with Crippen molar-refractivity contribution in [3.8, 4) is 0 Å². The van der Waals surface area contributed by atoms with E-state index in [-0.39, 0.29) is 0 Å². The first kappa shape index (κ1) is 14.3. The second-order valence-electron chi connectivity index (χ2n) is 5.06. The first-order valence-electron chi connectivity index (χ1n) is 6.62. The lowest BCUT2D eigenvalue weighted by atomic mass is 9.88. The van der Waals surface area contributed by atoms with Crippen LogP contribution in [0.25, 0.3) is 0 Å². The Morgan fingerprint density at radius 3 is 2.26 bits per heavy atom. The molecule has 0 bridgehead atoms. The van der Waals surface area contributed by atoms with Crippen molar-refractivity contribution in [1.82, 2.24) is 0 Å². The summed E-state index contributed by atoms with van der Waals surface area (Å²) < 4.78 is 1.12. The molecule has 1 atom stereocenters. The number of nitrogens with two attached hydrogens (primary N) is 1. The third kappa shape index (κ3) is 3.46. The van der Waals surface area contributed by atoms with Gasteiger partial charge >= 0.3 is 0 Å². The smallest absolute Gasteiger partial charge is 0.0178 e. The van der Waals surface area contributed by atoms with Crippen molar-refractivity contribution in [2.45, 2.75) is 26.2 Å². The zero-order chi connectivity index (χ0) is 13.8. The van der Waals surface area contributed by atoms with E-state index in [9.17, 15) is 0 Å². The van der Waals surface area contributed by atoms with E-state index in [2.05, 4.69) is 72.2 Å². The third-order valence-corrected chi connectivity index (χ3v) is 4.19. The van der Waals surface area contributed by atoms with E-state index >= 15 is 0 Å². The highest BCUT2D eigenvalue weighted by atomic mass is 79.9. The topological polar surface area (TPSA) is 26.0 Å². The minimum absolute atomic E-state index is 0.372. The minimum atomic E-state index is 0.372. The van der Waals surface area contributed by atoms with Gasteiger partial charge in [-0.3, -0.25) is 0 Å². The predicted molar refractivity (Wildman–Crippen MR) is 85.6 cm³/mol. The normalized spacial score (nSPS) is 12.4. The summed E-state index contributed by atoms with van der Waals surface area (Å²) in [6.07, 6.45) is 1.01. The molecule has 0 fully saturated rings. The molecule has 100 valence electrons. The second kappa shape index (κ2) is 6.36. The first-order valence-corrected chi connectivity index (χ1v) is 7.41. The molecular weight excluding hydrogens is 298 g/mol. The van der Waals surface area contributed by atoms with Gasteiger partial charge < -0.3 is 5.73 Å². The van der Waals surface area contributed by atoms with Crippen LogP contribution in [-0.2, 0) is 6.42 Å². The molecule has 0 saturated carbocycles. The minimum Gasteiger partial charge on any atom is -0.330 e. The molecule has 2 aromatic carbocycles. The van der Waals surface area contributed by atoms with E-state index < -0.39 is 0 Å². The second-order valence-corrected chi connectivity index (χ2v) is 5.98. The van der Waals surface area contributed by atoms with Gasteiger partial charge in [0.25, 0.3) is 0 Å². The molecule has 1 nitrogen and oxygen atoms in total. The maximum Gasteiger partial charge on any atom is 0.0178 e. The Morgan fingerprint density at radius 2 is 1.68 bits per heavy atom. The van der Waals surface area contributed by atoms with Gasteiger partial charge in [-0.2, -0.15) is 0 Å². The maximum absolute atomic E-state index is 5.99. The fourth-order valence-electron chi connectivity index (χ4n) is 2.52. The van der Waals surface area contributed by atoms with E-state index in [1.54, 1.807) is 0 Å². The molecule has 0 radical (unpaired) electrons. The number of aryl methyl sites for hydroxylation is 2. The SMILES string of the molecule is Cc1cccc(C)c1CC(CN)c1cccc(Br)c1. The molecule has 2 heteroatoms. The van der Waals surface area contributed by atoms with Gasteiger partial charge in [0, 0.05) is 10.4 Å². The van der Waals surface area contributed by atoms with Crippen LogP contribution in [0.4, 0.5) is 0 Å². The summed E-state index contributed by atoms with van der Waals surface area (Å²) in [4.78, 5) is 0. The Labute approximate surface area is 124 Å². The molecular formula is C17H20BrN. The molecule has 0 aliphatic rings. The fraction of sp³-hybridized carbons (Fsp3) is 0.294. The highest BCUT2D eigenvalue weighted by Gasteiger charge is 2.13. The van der Waals surface area contributed by atoms with Gasteiger partial charge in [0.2, 0.25) is 0 Å². The van der Waals surface area contributed by atoms with Crippen molar-refractivity contribution < 1.29 is 0 Å². The summed E-state index contributed by atoms with van der Waals surface area (Å²) in [5.41, 5.74) is 11.4. The highest BCUT2D eigenvalue weighted by molar-refractivity contribution is 9.10. The highest BCUT2D eigenvalue weighted by Crippen LogP contribution is 2.25. The van der Waals surface area contributed by atoms with Crippen LogP contribution >= 0.6 is 15.9 Å². The van der Waals surface area contributed by atoms with E-state index in [1.807, 2.05) is 0 Å². The van der Waals surface area contributed by atoms with Gasteiger partial charge in [-0.05, 0) is 61.2 Å². The molecule has 2 rings (SSSR count). The average Bonchev–Trinajstić information content (AvgIpc) is 2.38. The Hall–Kier alpha value is -1.12. The number of rotatable bonds is 4. The van der Waals surface area contributed by atoms with Crippen molar-refractivity contribution in [1.29, 1.82) is 0 Å². The summed E-state index contributed by atoms with van der Waals surface area (Å²) in [6, 6.07) is 14.9. The molecule has 0 aliphatic heterocycles. The number of halogens is 1. The summed E-state index contributed by atoms with van der Waals surface area (Å²) in [5.74, 6) is 0.372. The maximum atomic E-state index is 5.99. The van der Waals surface area contributed by atoms with Gasteiger partial charge in [-0.1, -0.05) is 46.3 Å². The van der Waals surface area contributed by atoms with Crippen LogP contribution in [0.15, 0.2) is 46.9 Å². The Balaban J connectivity index is 2.29. The summed E-state index contributed by atoms with van der Waals surface area (Å²) in [7, 11) is 0. The average molecular weight is 318 g/mol.